The highest BCUT2D eigenvalue weighted by atomic mass is 15.2. The minimum Gasteiger partial charge on any atom is -0.384 e. The van der Waals surface area contributed by atoms with Crippen LogP contribution in [0.1, 0.15) is 51.3 Å². The molecule has 2 atom stereocenters. The van der Waals surface area contributed by atoms with Gasteiger partial charge < -0.3 is 10.6 Å². The third kappa shape index (κ3) is 2.53. The Morgan fingerprint density at radius 1 is 1.26 bits per heavy atom. The number of hydrogen-bond donors (Lipinski definition) is 1. The summed E-state index contributed by atoms with van der Waals surface area (Å²) in [5, 5.41) is 0. The zero-order chi connectivity index (χ0) is 13.2. The molecule has 2 fully saturated rings. The second-order valence-electron chi connectivity index (χ2n) is 5.91. The van der Waals surface area contributed by atoms with Crippen LogP contribution >= 0.6 is 0 Å². The topological polar surface area (TPSA) is 55.0 Å². The van der Waals surface area contributed by atoms with Crippen LogP contribution in [-0.2, 0) is 6.42 Å². The van der Waals surface area contributed by atoms with Crippen molar-refractivity contribution in [1.29, 1.82) is 0 Å². The van der Waals surface area contributed by atoms with E-state index < -0.39 is 0 Å². The Kier molecular flexibility index (Phi) is 3.58. The molecule has 1 saturated heterocycles. The molecule has 2 unspecified atom stereocenters. The average molecular weight is 260 g/mol. The Morgan fingerprint density at radius 3 is 2.95 bits per heavy atom. The van der Waals surface area contributed by atoms with Crippen molar-refractivity contribution in [2.24, 2.45) is 5.92 Å². The number of aryl methyl sites for hydroxylation is 1. The van der Waals surface area contributed by atoms with Crippen LogP contribution in [0, 0.1) is 5.92 Å². The van der Waals surface area contributed by atoms with Gasteiger partial charge in [-0.15, -0.1) is 0 Å². The molecular formula is C15H24N4. The third-order valence-corrected chi connectivity index (χ3v) is 4.56. The third-order valence-electron chi connectivity index (χ3n) is 4.56. The fourth-order valence-electron chi connectivity index (χ4n) is 3.68. The number of nitrogens with zero attached hydrogens (tertiary/aromatic N) is 3. The first-order valence-electron chi connectivity index (χ1n) is 7.68. The van der Waals surface area contributed by atoms with Gasteiger partial charge in [-0.3, -0.25) is 0 Å². The van der Waals surface area contributed by atoms with Crippen LogP contribution in [0.5, 0.6) is 0 Å². The van der Waals surface area contributed by atoms with Crippen LogP contribution < -0.4 is 10.6 Å². The summed E-state index contributed by atoms with van der Waals surface area (Å²) in [6, 6.07) is 2.65. The van der Waals surface area contributed by atoms with Gasteiger partial charge in [-0.05, 0) is 31.6 Å². The minimum atomic E-state index is 0.618. The predicted octanol–water partition coefficient (Wildman–Crippen LogP) is 2.78. The molecule has 19 heavy (non-hydrogen) atoms. The zero-order valence-corrected chi connectivity index (χ0v) is 11.8. The number of aromatic nitrogens is 2. The Morgan fingerprint density at radius 2 is 2.11 bits per heavy atom. The van der Waals surface area contributed by atoms with Gasteiger partial charge in [0.2, 0.25) is 0 Å². The lowest BCUT2D eigenvalue weighted by molar-refractivity contribution is 0.341. The van der Waals surface area contributed by atoms with Crippen LogP contribution in [0.25, 0.3) is 0 Å². The van der Waals surface area contributed by atoms with Gasteiger partial charge in [0.1, 0.15) is 17.5 Å². The van der Waals surface area contributed by atoms with E-state index in [4.69, 9.17) is 10.7 Å². The smallest absolute Gasteiger partial charge is 0.134 e. The molecule has 1 aliphatic heterocycles. The van der Waals surface area contributed by atoms with Crippen LogP contribution in [0.2, 0.25) is 0 Å². The van der Waals surface area contributed by atoms with Crippen LogP contribution in [0.3, 0.4) is 0 Å². The molecule has 0 bridgehead atoms. The van der Waals surface area contributed by atoms with Crippen LogP contribution in [0.4, 0.5) is 11.6 Å². The number of hydrogen-bond acceptors (Lipinski definition) is 4. The molecule has 0 radical (unpaired) electrons. The second-order valence-corrected chi connectivity index (χ2v) is 5.91. The number of rotatable bonds is 3. The summed E-state index contributed by atoms with van der Waals surface area (Å²) in [4.78, 5) is 11.6. The highest BCUT2D eigenvalue weighted by molar-refractivity contribution is 5.49. The van der Waals surface area contributed by atoms with Crippen molar-refractivity contribution >= 4 is 11.6 Å². The van der Waals surface area contributed by atoms with Crippen LogP contribution in [-0.4, -0.2) is 22.6 Å². The minimum absolute atomic E-state index is 0.618. The average Bonchev–Trinajstić information content (AvgIpc) is 2.82. The molecule has 104 valence electrons. The van der Waals surface area contributed by atoms with E-state index in [9.17, 15) is 0 Å². The van der Waals surface area contributed by atoms with E-state index in [-0.39, 0.29) is 0 Å². The number of anilines is 2. The standard InChI is InChI=1S/C15H24N4/c1-2-5-14-17-13(16)10-15(18-14)19-9-8-11-6-3-4-7-12(11)19/h10-12H,2-9H2,1H3,(H2,16,17,18). The molecule has 2 heterocycles. The van der Waals surface area contributed by atoms with Gasteiger partial charge in [-0.25, -0.2) is 9.97 Å². The first-order valence-corrected chi connectivity index (χ1v) is 7.68. The molecule has 2 N–H and O–H groups in total. The summed E-state index contributed by atoms with van der Waals surface area (Å²) >= 11 is 0. The maximum Gasteiger partial charge on any atom is 0.134 e. The van der Waals surface area contributed by atoms with E-state index in [1.54, 1.807) is 0 Å². The maximum absolute atomic E-state index is 5.95. The summed E-state index contributed by atoms with van der Waals surface area (Å²) < 4.78 is 0. The van der Waals surface area contributed by atoms with Crippen molar-refractivity contribution < 1.29 is 0 Å². The van der Waals surface area contributed by atoms with Crippen molar-refractivity contribution in [2.75, 3.05) is 17.2 Å². The summed E-state index contributed by atoms with van der Waals surface area (Å²) in [7, 11) is 0. The Hall–Kier alpha value is -1.32. The molecule has 0 aromatic carbocycles. The summed E-state index contributed by atoms with van der Waals surface area (Å²) in [5.74, 6) is 3.45. The van der Waals surface area contributed by atoms with Crippen molar-refractivity contribution in [3.05, 3.63) is 11.9 Å². The molecule has 1 saturated carbocycles. The largest absolute Gasteiger partial charge is 0.384 e. The number of nitrogen functional groups attached to an aromatic ring is 1. The molecule has 0 spiro atoms. The first-order chi connectivity index (χ1) is 9.28. The van der Waals surface area contributed by atoms with E-state index >= 15 is 0 Å². The van der Waals surface area contributed by atoms with Gasteiger partial charge in [-0.2, -0.15) is 0 Å². The van der Waals surface area contributed by atoms with Gasteiger partial charge in [0.25, 0.3) is 0 Å². The summed E-state index contributed by atoms with van der Waals surface area (Å²) in [5.41, 5.74) is 5.95. The van der Waals surface area contributed by atoms with Gasteiger partial charge >= 0.3 is 0 Å². The monoisotopic (exact) mass is 260 g/mol. The quantitative estimate of drug-likeness (QED) is 0.908. The van der Waals surface area contributed by atoms with Gasteiger partial charge in [-0.1, -0.05) is 19.8 Å². The van der Waals surface area contributed by atoms with Gasteiger partial charge in [0.05, 0.1) is 0 Å². The molecule has 1 aromatic rings. The predicted molar refractivity (Wildman–Crippen MR) is 78.1 cm³/mol. The van der Waals surface area contributed by atoms with E-state index in [1.165, 1.54) is 32.1 Å². The van der Waals surface area contributed by atoms with Gasteiger partial charge in [0.15, 0.2) is 0 Å². The van der Waals surface area contributed by atoms with E-state index in [0.29, 0.717) is 11.9 Å². The van der Waals surface area contributed by atoms with E-state index in [2.05, 4.69) is 16.8 Å². The van der Waals surface area contributed by atoms with E-state index in [1.807, 2.05) is 6.07 Å². The summed E-state index contributed by atoms with van der Waals surface area (Å²) in [6.45, 7) is 3.29. The molecular weight excluding hydrogens is 236 g/mol. The lowest BCUT2D eigenvalue weighted by atomic mass is 9.85. The van der Waals surface area contributed by atoms with Gasteiger partial charge in [0, 0.05) is 25.1 Å². The highest BCUT2D eigenvalue weighted by Gasteiger charge is 2.36. The van der Waals surface area contributed by atoms with Crippen molar-refractivity contribution in [1.82, 2.24) is 9.97 Å². The molecule has 4 heteroatoms. The number of fused-ring (bicyclic) bond motifs is 1. The van der Waals surface area contributed by atoms with Crippen molar-refractivity contribution in [3.8, 4) is 0 Å². The van der Waals surface area contributed by atoms with Crippen molar-refractivity contribution in [2.45, 2.75) is 57.9 Å². The number of nitrogens with two attached hydrogens (primary N) is 1. The molecule has 4 nitrogen and oxygen atoms in total. The fourth-order valence-corrected chi connectivity index (χ4v) is 3.68. The lowest BCUT2D eigenvalue weighted by Crippen LogP contribution is -2.35. The summed E-state index contributed by atoms with van der Waals surface area (Å²) in [6.07, 6.45) is 8.77. The lowest BCUT2D eigenvalue weighted by Gasteiger charge is -2.32. The second kappa shape index (κ2) is 5.35. The first kappa shape index (κ1) is 12.7. The molecule has 3 rings (SSSR count). The van der Waals surface area contributed by atoms with E-state index in [0.717, 1.165) is 36.9 Å². The SMILES string of the molecule is CCCc1nc(N)cc(N2CCC3CCCCC32)n1. The fraction of sp³-hybridized carbons (Fsp3) is 0.733. The van der Waals surface area contributed by atoms with Crippen LogP contribution in [0.15, 0.2) is 6.07 Å². The Balaban J connectivity index is 1.85. The molecule has 2 aliphatic rings. The Labute approximate surface area is 115 Å². The zero-order valence-electron chi connectivity index (χ0n) is 11.8. The Bertz CT molecular complexity index is 446. The molecule has 0 amide bonds. The molecule has 1 aliphatic carbocycles. The normalized spacial score (nSPS) is 26.5. The highest BCUT2D eigenvalue weighted by Crippen LogP contribution is 2.38. The maximum atomic E-state index is 5.95. The molecule has 1 aromatic heterocycles. The van der Waals surface area contributed by atoms with Crippen molar-refractivity contribution in [3.63, 3.8) is 0 Å².